The molecule has 2 aromatic heterocycles. The fourth-order valence-corrected chi connectivity index (χ4v) is 2.78. The summed E-state index contributed by atoms with van der Waals surface area (Å²) in [4.78, 5) is 1.48. The number of rotatable bonds is 6. The first-order valence-electron chi connectivity index (χ1n) is 5.98. The molecule has 1 unspecified atom stereocenters. The highest BCUT2D eigenvalue weighted by Crippen LogP contribution is 2.20. The fourth-order valence-electron chi connectivity index (χ4n) is 2.03. The number of thiophene rings is 1. The zero-order valence-electron chi connectivity index (χ0n) is 10.4. The van der Waals surface area contributed by atoms with E-state index in [1.54, 1.807) is 0 Å². The van der Waals surface area contributed by atoms with E-state index in [2.05, 4.69) is 34.1 Å². The Morgan fingerprint density at radius 1 is 1.53 bits per heavy atom. The second kappa shape index (κ2) is 5.98. The van der Waals surface area contributed by atoms with Crippen LogP contribution in [0.4, 0.5) is 0 Å². The molecule has 0 radical (unpaired) electrons. The second-order valence-electron chi connectivity index (χ2n) is 4.26. The topological polar surface area (TPSA) is 29.9 Å². The molecule has 1 atom stereocenters. The molecule has 0 aromatic carbocycles. The highest BCUT2D eigenvalue weighted by Gasteiger charge is 2.10. The third-order valence-electron chi connectivity index (χ3n) is 2.97. The molecule has 0 aliphatic rings. The summed E-state index contributed by atoms with van der Waals surface area (Å²) < 4.78 is 1.86. The van der Waals surface area contributed by atoms with Crippen molar-refractivity contribution in [1.82, 2.24) is 15.1 Å². The Balaban J connectivity index is 1.84. The van der Waals surface area contributed by atoms with E-state index >= 15 is 0 Å². The highest BCUT2D eigenvalue weighted by molar-refractivity contribution is 7.09. The number of hydrogen-bond acceptors (Lipinski definition) is 3. The van der Waals surface area contributed by atoms with E-state index in [1.165, 1.54) is 23.3 Å². The molecule has 92 valence electrons. The van der Waals surface area contributed by atoms with Gasteiger partial charge in [-0.25, -0.2) is 0 Å². The van der Waals surface area contributed by atoms with Crippen LogP contribution in [0.25, 0.3) is 0 Å². The molecule has 0 spiro atoms. The van der Waals surface area contributed by atoms with Crippen LogP contribution in [0.2, 0.25) is 0 Å². The van der Waals surface area contributed by atoms with Crippen molar-refractivity contribution in [3.63, 3.8) is 0 Å². The Morgan fingerprint density at radius 3 is 3.00 bits per heavy atom. The summed E-state index contributed by atoms with van der Waals surface area (Å²) >= 11 is 1.85. The monoisotopic (exact) mass is 249 g/mol. The van der Waals surface area contributed by atoms with Gasteiger partial charge in [-0.3, -0.25) is 4.68 Å². The van der Waals surface area contributed by atoms with Gasteiger partial charge in [0.2, 0.25) is 0 Å². The van der Waals surface area contributed by atoms with Crippen LogP contribution in [0.1, 0.15) is 29.3 Å². The van der Waals surface area contributed by atoms with Crippen LogP contribution in [0.15, 0.2) is 29.9 Å². The van der Waals surface area contributed by atoms with Gasteiger partial charge in [-0.2, -0.15) is 5.10 Å². The van der Waals surface area contributed by atoms with Crippen molar-refractivity contribution in [3.8, 4) is 0 Å². The summed E-state index contributed by atoms with van der Waals surface area (Å²) in [5, 5.41) is 9.73. The minimum absolute atomic E-state index is 0.420. The molecule has 0 saturated carbocycles. The molecule has 0 bridgehead atoms. The van der Waals surface area contributed by atoms with E-state index in [1.807, 2.05) is 36.3 Å². The molecule has 3 nitrogen and oxygen atoms in total. The zero-order chi connectivity index (χ0) is 12.1. The third-order valence-corrected chi connectivity index (χ3v) is 3.91. The Morgan fingerprint density at radius 2 is 2.41 bits per heavy atom. The van der Waals surface area contributed by atoms with Crippen LogP contribution in [-0.4, -0.2) is 16.8 Å². The van der Waals surface area contributed by atoms with E-state index in [9.17, 15) is 0 Å². The predicted molar refractivity (Wildman–Crippen MR) is 72.3 cm³/mol. The van der Waals surface area contributed by atoms with Crippen molar-refractivity contribution < 1.29 is 0 Å². The molecule has 4 heteroatoms. The molecule has 0 fully saturated rings. The lowest BCUT2D eigenvalue weighted by Gasteiger charge is -2.13. The first kappa shape index (κ1) is 12.3. The molecule has 0 aliphatic heterocycles. The number of nitrogens with zero attached hydrogens (tertiary/aromatic N) is 2. The van der Waals surface area contributed by atoms with Crippen molar-refractivity contribution in [2.24, 2.45) is 7.05 Å². The van der Waals surface area contributed by atoms with Gasteiger partial charge in [-0.05, 0) is 37.8 Å². The average molecular weight is 249 g/mol. The summed E-state index contributed by atoms with van der Waals surface area (Å²) in [6, 6.07) is 4.75. The molecule has 2 heterocycles. The number of aryl methyl sites for hydroxylation is 2. The fraction of sp³-hybridized carbons (Fsp3) is 0.462. The van der Waals surface area contributed by atoms with E-state index in [0.717, 1.165) is 6.42 Å². The average Bonchev–Trinajstić information content (AvgIpc) is 2.96. The van der Waals surface area contributed by atoms with Gasteiger partial charge < -0.3 is 5.32 Å². The van der Waals surface area contributed by atoms with Gasteiger partial charge >= 0.3 is 0 Å². The third kappa shape index (κ3) is 3.41. The standard InChI is InChI=1S/C13H19N3S/c1-14-13(11-9-15-16(2)10-11)7-3-5-12-6-4-8-17-12/h4,6,8-10,13-14H,3,5,7H2,1-2H3. The van der Waals surface area contributed by atoms with Crippen LogP contribution in [-0.2, 0) is 13.5 Å². The smallest absolute Gasteiger partial charge is 0.0537 e. The number of aromatic nitrogens is 2. The quantitative estimate of drug-likeness (QED) is 0.853. The SMILES string of the molecule is CNC(CCCc1cccs1)c1cnn(C)c1. The minimum atomic E-state index is 0.420. The summed E-state index contributed by atoms with van der Waals surface area (Å²) in [6.45, 7) is 0. The van der Waals surface area contributed by atoms with Crippen LogP contribution in [0.5, 0.6) is 0 Å². The second-order valence-corrected chi connectivity index (χ2v) is 5.29. The van der Waals surface area contributed by atoms with Gasteiger partial charge in [0.1, 0.15) is 0 Å². The summed E-state index contributed by atoms with van der Waals surface area (Å²) in [5.74, 6) is 0. The molecule has 2 rings (SSSR count). The van der Waals surface area contributed by atoms with E-state index in [-0.39, 0.29) is 0 Å². The van der Waals surface area contributed by atoms with Crippen molar-refractivity contribution in [3.05, 3.63) is 40.3 Å². The highest BCUT2D eigenvalue weighted by atomic mass is 32.1. The van der Waals surface area contributed by atoms with Gasteiger partial charge in [0, 0.05) is 29.7 Å². The van der Waals surface area contributed by atoms with E-state index < -0.39 is 0 Å². The lowest BCUT2D eigenvalue weighted by Crippen LogP contribution is -2.15. The maximum atomic E-state index is 4.22. The van der Waals surface area contributed by atoms with Gasteiger partial charge in [-0.15, -0.1) is 11.3 Å². The van der Waals surface area contributed by atoms with Crippen LogP contribution >= 0.6 is 11.3 Å². The van der Waals surface area contributed by atoms with Crippen molar-refractivity contribution >= 4 is 11.3 Å². The van der Waals surface area contributed by atoms with Crippen LogP contribution in [0, 0.1) is 0 Å². The van der Waals surface area contributed by atoms with Crippen LogP contribution in [0.3, 0.4) is 0 Å². The molecule has 2 aromatic rings. The molecular weight excluding hydrogens is 230 g/mol. The Bertz CT molecular complexity index is 433. The summed E-state index contributed by atoms with van der Waals surface area (Å²) in [6.07, 6.45) is 7.58. The first-order chi connectivity index (χ1) is 8.29. The molecule has 0 saturated heterocycles. The number of nitrogens with one attached hydrogen (secondary N) is 1. The summed E-state index contributed by atoms with van der Waals surface area (Å²) in [7, 11) is 3.98. The normalized spacial score (nSPS) is 12.8. The van der Waals surface area contributed by atoms with E-state index in [4.69, 9.17) is 0 Å². The maximum Gasteiger partial charge on any atom is 0.0537 e. The lowest BCUT2D eigenvalue weighted by atomic mass is 10.0. The molecule has 17 heavy (non-hydrogen) atoms. The van der Waals surface area contributed by atoms with Gasteiger partial charge in [0.05, 0.1) is 6.20 Å². The van der Waals surface area contributed by atoms with Crippen molar-refractivity contribution in [2.45, 2.75) is 25.3 Å². The predicted octanol–water partition coefficient (Wildman–Crippen LogP) is 2.77. The molecule has 0 aliphatic carbocycles. The lowest BCUT2D eigenvalue weighted by molar-refractivity contribution is 0.528. The molecule has 0 amide bonds. The van der Waals surface area contributed by atoms with E-state index in [0.29, 0.717) is 6.04 Å². The first-order valence-corrected chi connectivity index (χ1v) is 6.85. The van der Waals surface area contributed by atoms with Crippen molar-refractivity contribution in [1.29, 1.82) is 0 Å². The van der Waals surface area contributed by atoms with Crippen LogP contribution < -0.4 is 5.32 Å². The molecule has 1 N–H and O–H groups in total. The van der Waals surface area contributed by atoms with Gasteiger partial charge in [-0.1, -0.05) is 6.07 Å². The molecular formula is C13H19N3S. The maximum absolute atomic E-state index is 4.22. The Labute approximate surface area is 106 Å². The van der Waals surface area contributed by atoms with Gasteiger partial charge in [0.25, 0.3) is 0 Å². The van der Waals surface area contributed by atoms with Gasteiger partial charge in [0.15, 0.2) is 0 Å². The zero-order valence-corrected chi connectivity index (χ0v) is 11.2. The summed E-state index contributed by atoms with van der Waals surface area (Å²) in [5.41, 5.74) is 1.28. The van der Waals surface area contributed by atoms with Crippen molar-refractivity contribution in [2.75, 3.05) is 7.05 Å². The number of hydrogen-bond donors (Lipinski definition) is 1. The Kier molecular flexibility index (Phi) is 4.34. The largest absolute Gasteiger partial charge is 0.313 e. The minimum Gasteiger partial charge on any atom is -0.313 e. The Hall–Kier alpha value is -1.13.